The normalized spacial score (nSPS) is 15.2. The lowest BCUT2D eigenvalue weighted by atomic mass is 10.1. The number of benzene rings is 1. The molecule has 1 unspecified atom stereocenters. The van der Waals surface area contributed by atoms with Crippen molar-refractivity contribution < 1.29 is 23.9 Å². The Labute approximate surface area is 122 Å². The Morgan fingerprint density at radius 1 is 1.19 bits per heavy atom. The number of rotatable bonds is 3. The van der Waals surface area contributed by atoms with Gasteiger partial charge in [-0.3, -0.25) is 14.9 Å². The van der Waals surface area contributed by atoms with Gasteiger partial charge < -0.3 is 9.47 Å². The molecule has 1 N–H and O–H groups in total. The number of carbonyl (C=O) groups is 3. The zero-order valence-electron chi connectivity index (χ0n) is 12.4. The first-order valence-electron chi connectivity index (χ1n) is 6.57. The third-order valence-electron chi connectivity index (χ3n) is 2.77. The molecule has 1 atom stereocenters. The van der Waals surface area contributed by atoms with Gasteiger partial charge in [0.1, 0.15) is 11.4 Å². The molecule has 2 amide bonds. The van der Waals surface area contributed by atoms with Crippen LogP contribution in [0.5, 0.6) is 5.75 Å². The maximum absolute atomic E-state index is 11.9. The van der Waals surface area contributed by atoms with Gasteiger partial charge in [-0.1, -0.05) is 6.07 Å². The highest BCUT2D eigenvalue weighted by molar-refractivity contribution is 6.22. The van der Waals surface area contributed by atoms with E-state index in [-0.39, 0.29) is 16.9 Å². The smallest absolute Gasteiger partial charge is 0.347 e. The molecule has 0 saturated carbocycles. The summed E-state index contributed by atoms with van der Waals surface area (Å²) in [4.78, 5) is 35.2. The van der Waals surface area contributed by atoms with Crippen LogP contribution < -0.4 is 10.1 Å². The fourth-order valence-corrected chi connectivity index (χ4v) is 1.91. The first-order valence-corrected chi connectivity index (χ1v) is 6.57. The highest BCUT2D eigenvalue weighted by atomic mass is 16.6. The highest BCUT2D eigenvalue weighted by Crippen LogP contribution is 2.27. The third-order valence-corrected chi connectivity index (χ3v) is 2.77. The van der Waals surface area contributed by atoms with Crippen LogP contribution in [0.25, 0.3) is 0 Å². The Morgan fingerprint density at radius 2 is 1.86 bits per heavy atom. The number of carbonyl (C=O) groups excluding carboxylic acids is 3. The van der Waals surface area contributed by atoms with Crippen molar-refractivity contribution in [1.82, 2.24) is 5.32 Å². The zero-order chi connectivity index (χ0) is 15.8. The van der Waals surface area contributed by atoms with Crippen molar-refractivity contribution in [2.24, 2.45) is 0 Å². The number of nitrogens with one attached hydrogen (secondary N) is 1. The van der Waals surface area contributed by atoms with Crippen molar-refractivity contribution in [3.05, 3.63) is 29.3 Å². The maximum atomic E-state index is 11.9. The molecule has 1 aliphatic heterocycles. The van der Waals surface area contributed by atoms with Gasteiger partial charge in [0.05, 0.1) is 11.1 Å². The van der Waals surface area contributed by atoms with Crippen LogP contribution in [0.15, 0.2) is 18.2 Å². The molecule has 1 heterocycles. The molecule has 1 aromatic rings. The van der Waals surface area contributed by atoms with Crippen LogP contribution in [-0.2, 0) is 9.53 Å². The number of imide groups is 1. The number of hydrogen-bond donors (Lipinski definition) is 1. The van der Waals surface area contributed by atoms with Crippen molar-refractivity contribution in [2.75, 3.05) is 0 Å². The zero-order valence-corrected chi connectivity index (χ0v) is 12.4. The van der Waals surface area contributed by atoms with Crippen LogP contribution in [-0.4, -0.2) is 29.5 Å². The Balaban J connectivity index is 2.20. The molecule has 21 heavy (non-hydrogen) atoms. The molecule has 0 bridgehead atoms. The minimum Gasteiger partial charge on any atom is -0.478 e. The van der Waals surface area contributed by atoms with Gasteiger partial charge in [0.15, 0.2) is 6.10 Å². The van der Waals surface area contributed by atoms with Gasteiger partial charge in [-0.2, -0.15) is 0 Å². The van der Waals surface area contributed by atoms with Crippen LogP contribution in [0.2, 0.25) is 0 Å². The molecule has 1 aromatic carbocycles. The van der Waals surface area contributed by atoms with E-state index in [0.29, 0.717) is 0 Å². The summed E-state index contributed by atoms with van der Waals surface area (Å²) in [6.45, 7) is 6.79. The summed E-state index contributed by atoms with van der Waals surface area (Å²) < 4.78 is 10.7. The van der Waals surface area contributed by atoms with Gasteiger partial charge in [0.25, 0.3) is 11.8 Å². The van der Waals surface area contributed by atoms with Gasteiger partial charge in [0.2, 0.25) is 0 Å². The molecule has 2 rings (SSSR count). The van der Waals surface area contributed by atoms with Gasteiger partial charge in [-0.05, 0) is 39.8 Å². The second kappa shape index (κ2) is 5.20. The molecule has 112 valence electrons. The SMILES string of the molecule is CC(Oc1cccc2c1C(=O)NC2=O)C(=O)OC(C)(C)C. The van der Waals surface area contributed by atoms with E-state index >= 15 is 0 Å². The van der Waals surface area contributed by atoms with E-state index in [1.165, 1.54) is 19.1 Å². The van der Waals surface area contributed by atoms with Crippen molar-refractivity contribution >= 4 is 17.8 Å². The fourth-order valence-electron chi connectivity index (χ4n) is 1.91. The van der Waals surface area contributed by atoms with Crippen LogP contribution in [0.3, 0.4) is 0 Å². The van der Waals surface area contributed by atoms with E-state index in [4.69, 9.17) is 9.47 Å². The summed E-state index contributed by atoms with van der Waals surface area (Å²) in [7, 11) is 0. The van der Waals surface area contributed by atoms with Gasteiger partial charge in [-0.25, -0.2) is 4.79 Å². The second-order valence-corrected chi connectivity index (χ2v) is 5.76. The Hall–Kier alpha value is -2.37. The molecule has 0 radical (unpaired) electrons. The Bertz CT molecular complexity index is 615. The topological polar surface area (TPSA) is 81.7 Å². The average Bonchev–Trinajstić information content (AvgIpc) is 2.64. The summed E-state index contributed by atoms with van der Waals surface area (Å²) in [5.74, 6) is -1.34. The van der Waals surface area contributed by atoms with Gasteiger partial charge >= 0.3 is 5.97 Å². The monoisotopic (exact) mass is 291 g/mol. The fraction of sp³-hybridized carbons (Fsp3) is 0.400. The molecule has 0 aliphatic carbocycles. The molecule has 6 nitrogen and oxygen atoms in total. The summed E-state index contributed by atoms with van der Waals surface area (Å²) in [5, 5.41) is 2.19. The number of hydrogen-bond acceptors (Lipinski definition) is 5. The van der Waals surface area contributed by atoms with E-state index in [1.807, 2.05) is 0 Å². The number of ether oxygens (including phenoxy) is 2. The summed E-state index contributed by atoms with van der Waals surface area (Å²) in [6.07, 6.45) is -0.890. The standard InChI is InChI=1S/C15H17NO5/c1-8(14(19)21-15(2,3)4)20-10-7-5-6-9-11(10)13(18)16-12(9)17/h5-8H,1-4H3,(H,16,17,18). The van der Waals surface area contributed by atoms with Crippen molar-refractivity contribution in [3.63, 3.8) is 0 Å². The molecule has 0 saturated heterocycles. The first kappa shape index (κ1) is 15.0. The predicted molar refractivity (Wildman–Crippen MR) is 74.2 cm³/mol. The largest absolute Gasteiger partial charge is 0.478 e. The number of esters is 1. The third kappa shape index (κ3) is 3.21. The quantitative estimate of drug-likeness (QED) is 0.677. The van der Waals surface area contributed by atoms with Crippen LogP contribution in [0.4, 0.5) is 0 Å². The van der Waals surface area contributed by atoms with E-state index in [1.54, 1.807) is 26.8 Å². The highest BCUT2D eigenvalue weighted by Gasteiger charge is 2.32. The van der Waals surface area contributed by atoms with Crippen LogP contribution in [0, 0.1) is 0 Å². The molecule has 0 fully saturated rings. The van der Waals surface area contributed by atoms with Crippen molar-refractivity contribution in [1.29, 1.82) is 0 Å². The summed E-state index contributed by atoms with van der Waals surface area (Å²) >= 11 is 0. The van der Waals surface area contributed by atoms with E-state index in [0.717, 1.165) is 0 Å². The number of amides is 2. The molecular formula is C15H17NO5. The van der Waals surface area contributed by atoms with Crippen molar-refractivity contribution in [3.8, 4) is 5.75 Å². The second-order valence-electron chi connectivity index (χ2n) is 5.76. The molecule has 0 spiro atoms. The van der Waals surface area contributed by atoms with Crippen molar-refractivity contribution in [2.45, 2.75) is 39.4 Å². The van der Waals surface area contributed by atoms with Crippen LogP contribution in [0.1, 0.15) is 48.4 Å². The lowest BCUT2D eigenvalue weighted by Crippen LogP contribution is -2.33. The minimum atomic E-state index is -0.890. The van der Waals surface area contributed by atoms with Crippen LogP contribution >= 0.6 is 0 Å². The molecule has 0 aromatic heterocycles. The summed E-state index contributed by atoms with van der Waals surface area (Å²) in [5.41, 5.74) is -0.229. The number of fused-ring (bicyclic) bond motifs is 1. The maximum Gasteiger partial charge on any atom is 0.347 e. The van der Waals surface area contributed by atoms with E-state index < -0.39 is 29.5 Å². The predicted octanol–water partition coefficient (Wildman–Crippen LogP) is 1.68. The Kier molecular flexibility index (Phi) is 3.72. The molecular weight excluding hydrogens is 274 g/mol. The first-order chi connectivity index (χ1) is 9.69. The van der Waals surface area contributed by atoms with Gasteiger partial charge in [-0.15, -0.1) is 0 Å². The Morgan fingerprint density at radius 3 is 2.48 bits per heavy atom. The lowest BCUT2D eigenvalue weighted by molar-refractivity contribution is -0.162. The minimum absolute atomic E-state index is 0.151. The molecule has 6 heteroatoms. The average molecular weight is 291 g/mol. The van der Waals surface area contributed by atoms with Gasteiger partial charge in [0, 0.05) is 0 Å². The molecule has 1 aliphatic rings. The van der Waals surface area contributed by atoms with E-state index in [9.17, 15) is 14.4 Å². The summed E-state index contributed by atoms with van der Waals surface area (Å²) in [6, 6.07) is 4.66. The van der Waals surface area contributed by atoms with E-state index in [2.05, 4.69) is 5.32 Å². The lowest BCUT2D eigenvalue weighted by Gasteiger charge is -2.23.